The third-order valence-electron chi connectivity index (χ3n) is 2.62. The molecule has 0 bridgehead atoms. The fourth-order valence-electron chi connectivity index (χ4n) is 1.61. The second-order valence-electron chi connectivity index (χ2n) is 3.83. The van der Waals surface area contributed by atoms with Gasteiger partial charge in [-0.05, 0) is 38.1 Å². The van der Waals surface area contributed by atoms with Crippen LogP contribution in [-0.2, 0) is 4.79 Å². The third kappa shape index (κ3) is 3.90. The number of carbonyl (C=O) groups is 2. The monoisotopic (exact) mass is 235 g/mol. The maximum absolute atomic E-state index is 11.1. The highest BCUT2D eigenvalue weighted by Crippen LogP contribution is 2.15. The molecule has 17 heavy (non-hydrogen) atoms. The Kier molecular flexibility index (Phi) is 4.69. The molecule has 0 unspecified atom stereocenters. The van der Waals surface area contributed by atoms with E-state index >= 15 is 0 Å². The fraction of sp³-hybridized carbons (Fsp3) is 0.385. The number of hydrogen-bond acceptors (Lipinski definition) is 3. The van der Waals surface area contributed by atoms with Crippen LogP contribution in [0, 0.1) is 0 Å². The van der Waals surface area contributed by atoms with Crippen LogP contribution in [0.15, 0.2) is 24.3 Å². The summed E-state index contributed by atoms with van der Waals surface area (Å²) in [6.45, 7) is 4.72. The minimum absolute atomic E-state index is 0.0325. The molecule has 0 radical (unpaired) electrons. The van der Waals surface area contributed by atoms with Crippen LogP contribution in [0.4, 0.5) is 5.69 Å². The van der Waals surface area contributed by atoms with E-state index in [0.29, 0.717) is 12.1 Å². The molecule has 1 aromatic rings. The summed E-state index contributed by atoms with van der Waals surface area (Å²) in [7, 11) is 0. The van der Waals surface area contributed by atoms with Gasteiger partial charge in [0.2, 0.25) is 0 Å². The molecule has 0 aliphatic heterocycles. The van der Waals surface area contributed by atoms with Crippen molar-refractivity contribution in [2.75, 3.05) is 18.0 Å². The van der Waals surface area contributed by atoms with E-state index in [0.717, 1.165) is 12.2 Å². The van der Waals surface area contributed by atoms with E-state index in [1.54, 1.807) is 12.1 Å². The third-order valence-corrected chi connectivity index (χ3v) is 2.62. The van der Waals surface area contributed by atoms with Crippen molar-refractivity contribution in [3.05, 3.63) is 29.8 Å². The van der Waals surface area contributed by atoms with Crippen molar-refractivity contribution < 1.29 is 14.7 Å². The van der Waals surface area contributed by atoms with E-state index in [1.807, 2.05) is 24.0 Å². The van der Waals surface area contributed by atoms with Gasteiger partial charge in [0.15, 0.2) is 5.78 Å². The van der Waals surface area contributed by atoms with Crippen molar-refractivity contribution in [3.8, 4) is 0 Å². The first-order chi connectivity index (χ1) is 8.04. The van der Waals surface area contributed by atoms with Gasteiger partial charge in [-0.25, -0.2) is 0 Å². The fourth-order valence-corrected chi connectivity index (χ4v) is 1.61. The minimum atomic E-state index is -0.802. The van der Waals surface area contributed by atoms with Crippen LogP contribution in [0.25, 0.3) is 0 Å². The molecule has 92 valence electrons. The van der Waals surface area contributed by atoms with Crippen LogP contribution >= 0.6 is 0 Å². The first kappa shape index (κ1) is 13.2. The summed E-state index contributed by atoms with van der Waals surface area (Å²) in [6.07, 6.45) is 0.113. The highest BCUT2D eigenvalue weighted by molar-refractivity contribution is 5.94. The predicted molar refractivity (Wildman–Crippen MR) is 66.6 cm³/mol. The highest BCUT2D eigenvalue weighted by atomic mass is 16.4. The quantitative estimate of drug-likeness (QED) is 0.768. The Labute approximate surface area is 101 Å². The van der Waals surface area contributed by atoms with Crippen molar-refractivity contribution >= 4 is 17.4 Å². The number of carbonyl (C=O) groups excluding carboxylic acids is 1. The van der Waals surface area contributed by atoms with Crippen molar-refractivity contribution in [3.63, 3.8) is 0 Å². The van der Waals surface area contributed by atoms with E-state index in [-0.39, 0.29) is 12.2 Å². The number of carboxylic acid groups (broad SMARTS) is 1. The summed E-state index contributed by atoms with van der Waals surface area (Å²) in [5, 5.41) is 8.65. The van der Waals surface area contributed by atoms with Gasteiger partial charge in [-0.1, -0.05) is 0 Å². The number of Topliss-reactive ketones (excluding diaryl/α,β-unsaturated/α-hetero) is 1. The number of nitrogens with zero attached hydrogens (tertiary/aromatic N) is 1. The Morgan fingerprint density at radius 2 is 1.82 bits per heavy atom. The molecule has 0 fully saturated rings. The van der Waals surface area contributed by atoms with Crippen LogP contribution in [-0.4, -0.2) is 29.9 Å². The van der Waals surface area contributed by atoms with Gasteiger partial charge in [0, 0.05) is 24.3 Å². The molecule has 4 heteroatoms. The SMILES string of the molecule is CCN(CCC(=O)O)c1ccc(C(C)=O)cc1. The van der Waals surface area contributed by atoms with Crippen molar-refractivity contribution in [2.45, 2.75) is 20.3 Å². The lowest BCUT2D eigenvalue weighted by atomic mass is 10.1. The molecule has 0 aliphatic carbocycles. The molecule has 0 aromatic heterocycles. The number of hydrogen-bond donors (Lipinski definition) is 1. The van der Waals surface area contributed by atoms with Gasteiger partial charge in [-0.2, -0.15) is 0 Å². The van der Waals surface area contributed by atoms with E-state index in [9.17, 15) is 9.59 Å². The first-order valence-electron chi connectivity index (χ1n) is 5.62. The molecule has 0 heterocycles. The number of carboxylic acids is 1. The van der Waals surface area contributed by atoms with Gasteiger partial charge in [-0.15, -0.1) is 0 Å². The summed E-state index contributed by atoms with van der Waals surface area (Å²) >= 11 is 0. The van der Waals surface area contributed by atoms with E-state index in [1.165, 1.54) is 6.92 Å². The highest BCUT2D eigenvalue weighted by Gasteiger charge is 2.07. The Bertz CT molecular complexity index is 398. The summed E-state index contributed by atoms with van der Waals surface area (Å²) in [5.41, 5.74) is 1.61. The lowest BCUT2D eigenvalue weighted by Gasteiger charge is -2.22. The average Bonchev–Trinajstić information content (AvgIpc) is 2.30. The minimum Gasteiger partial charge on any atom is -0.481 e. The smallest absolute Gasteiger partial charge is 0.305 e. The molecule has 0 aliphatic rings. The zero-order chi connectivity index (χ0) is 12.8. The molecule has 1 rings (SSSR count). The van der Waals surface area contributed by atoms with E-state index in [4.69, 9.17) is 5.11 Å². The van der Waals surface area contributed by atoms with Crippen molar-refractivity contribution in [1.29, 1.82) is 0 Å². The molecular weight excluding hydrogens is 218 g/mol. The Morgan fingerprint density at radius 3 is 2.24 bits per heavy atom. The van der Waals surface area contributed by atoms with Crippen LogP contribution in [0.1, 0.15) is 30.6 Å². The molecular formula is C13H17NO3. The van der Waals surface area contributed by atoms with E-state index < -0.39 is 5.97 Å². The molecule has 1 N–H and O–H groups in total. The predicted octanol–water partition coefficient (Wildman–Crippen LogP) is 2.19. The Morgan fingerprint density at radius 1 is 1.24 bits per heavy atom. The summed E-state index contributed by atoms with van der Waals surface area (Å²) in [5.74, 6) is -0.769. The molecule has 0 amide bonds. The topological polar surface area (TPSA) is 57.6 Å². The lowest BCUT2D eigenvalue weighted by Crippen LogP contribution is -2.25. The average molecular weight is 235 g/mol. The Balaban J connectivity index is 2.75. The van der Waals surface area contributed by atoms with Crippen LogP contribution in [0.5, 0.6) is 0 Å². The number of aliphatic carboxylic acids is 1. The van der Waals surface area contributed by atoms with Crippen LogP contribution < -0.4 is 4.90 Å². The largest absolute Gasteiger partial charge is 0.481 e. The summed E-state index contributed by atoms with van der Waals surface area (Å²) < 4.78 is 0. The molecule has 0 atom stereocenters. The maximum Gasteiger partial charge on any atom is 0.305 e. The number of rotatable bonds is 6. The number of benzene rings is 1. The van der Waals surface area contributed by atoms with E-state index in [2.05, 4.69) is 0 Å². The van der Waals surface area contributed by atoms with Gasteiger partial charge in [0.25, 0.3) is 0 Å². The van der Waals surface area contributed by atoms with Crippen molar-refractivity contribution in [1.82, 2.24) is 0 Å². The number of anilines is 1. The molecule has 0 spiro atoms. The van der Waals surface area contributed by atoms with Gasteiger partial charge in [0.1, 0.15) is 0 Å². The molecule has 4 nitrogen and oxygen atoms in total. The standard InChI is InChI=1S/C13H17NO3/c1-3-14(9-8-13(16)17)12-6-4-11(5-7-12)10(2)15/h4-7H,3,8-9H2,1-2H3,(H,16,17). The van der Waals surface area contributed by atoms with Crippen LogP contribution in [0.2, 0.25) is 0 Å². The van der Waals surface area contributed by atoms with Gasteiger partial charge >= 0.3 is 5.97 Å². The van der Waals surface area contributed by atoms with Gasteiger partial charge < -0.3 is 10.0 Å². The zero-order valence-electron chi connectivity index (χ0n) is 10.1. The summed E-state index contributed by atoms with van der Waals surface area (Å²) in [6, 6.07) is 7.23. The number of ketones is 1. The second-order valence-corrected chi connectivity index (χ2v) is 3.83. The molecule has 0 saturated heterocycles. The molecule has 1 aromatic carbocycles. The second kappa shape index (κ2) is 6.03. The summed E-state index contributed by atoms with van der Waals surface area (Å²) in [4.78, 5) is 23.6. The maximum atomic E-state index is 11.1. The Hall–Kier alpha value is -1.84. The van der Waals surface area contributed by atoms with Crippen LogP contribution in [0.3, 0.4) is 0 Å². The first-order valence-corrected chi connectivity index (χ1v) is 5.62. The van der Waals surface area contributed by atoms with Crippen molar-refractivity contribution in [2.24, 2.45) is 0 Å². The van der Waals surface area contributed by atoms with Gasteiger partial charge in [-0.3, -0.25) is 9.59 Å². The lowest BCUT2D eigenvalue weighted by molar-refractivity contribution is -0.136. The zero-order valence-corrected chi connectivity index (χ0v) is 10.1. The van der Waals surface area contributed by atoms with Gasteiger partial charge in [0.05, 0.1) is 6.42 Å². The molecule has 0 saturated carbocycles. The normalized spacial score (nSPS) is 10.0.